The van der Waals surface area contributed by atoms with Gasteiger partial charge in [-0.2, -0.15) is 0 Å². The fourth-order valence-corrected chi connectivity index (χ4v) is 3.44. The van der Waals surface area contributed by atoms with Gasteiger partial charge in [-0.25, -0.2) is 4.98 Å². The summed E-state index contributed by atoms with van der Waals surface area (Å²) in [6, 6.07) is 5.69. The first-order chi connectivity index (χ1) is 9.72. The molecule has 1 aliphatic rings. The Kier molecular flexibility index (Phi) is 3.44. The van der Waals surface area contributed by atoms with Gasteiger partial charge in [0, 0.05) is 12.0 Å². The summed E-state index contributed by atoms with van der Waals surface area (Å²) >= 11 is 1.47. The van der Waals surface area contributed by atoms with Gasteiger partial charge in [-0.3, -0.25) is 4.79 Å². The van der Waals surface area contributed by atoms with Crippen LogP contribution in [0, 0.1) is 0 Å². The Bertz CT molecular complexity index is 663. The number of rotatable bonds is 3. The number of aryl methyl sites for hydroxylation is 1. The topological polar surface area (TPSA) is 48.4 Å². The second kappa shape index (κ2) is 5.25. The van der Waals surface area contributed by atoms with Crippen LogP contribution in [0.5, 0.6) is 11.5 Å². The van der Waals surface area contributed by atoms with E-state index in [4.69, 9.17) is 9.47 Å². The van der Waals surface area contributed by atoms with Crippen molar-refractivity contribution in [2.75, 3.05) is 14.2 Å². The monoisotopic (exact) mass is 289 g/mol. The van der Waals surface area contributed by atoms with Gasteiger partial charge >= 0.3 is 0 Å². The quantitative estimate of drug-likeness (QED) is 0.869. The van der Waals surface area contributed by atoms with Crippen molar-refractivity contribution >= 4 is 17.1 Å². The minimum Gasteiger partial charge on any atom is -0.493 e. The molecule has 4 nitrogen and oxygen atoms in total. The molecule has 1 heterocycles. The van der Waals surface area contributed by atoms with Gasteiger partial charge in [-0.15, -0.1) is 11.3 Å². The van der Waals surface area contributed by atoms with Gasteiger partial charge in [0.1, 0.15) is 5.01 Å². The molecule has 0 saturated carbocycles. The Morgan fingerprint density at radius 1 is 1.15 bits per heavy atom. The molecular formula is C15H15NO3S. The number of nitrogens with zero attached hydrogens (tertiary/aromatic N) is 1. The lowest BCUT2D eigenvalue weighted by Gasteiger charge is -2.08. The predicted molar refractivity (Wildman–Crippen MR) is 77.9 cm³/mol. The van der Waals surface area contributed by atoms with E-state index >= 15 is 0 Å². The van der Waals surface area contributed by atoms with E-state index in [1.54, 1.807) is 14.2 Å². The molecule has 0 amide bonds. The summed E-state index contributed by atoms with van der Waals surface area (Å²) in [6.07, 6.45) is 2.44. The molecule has 0 saturated heterocycles. The highest BCUT2D eigenvalue weighted by molar-refractivity contribution is 7.17. The Morgan fingerprint density at radius 3 is 2.65 bits per heavy atom. The van der Waals surface area contributed by atoms with Crippen LogP contribution in [0.2, 0.25) is 0 Å². The maximum atomic E-state index is 11.9. The molecule has 0 N–H and O–H groups in total. The summed E-state index contributed by atoms with van der Waals surface area (Å²) in [4.78, 5) is 17.3. The van der Waals surface area contributed by atoms with E-state index in [9.17, 15) is 4.79 Å². The summed E-state index contributed by atoms with van der Waals surface area (Å²) in [5, 5.41) is 0.867. The molecule has 0 radical (unpaired) electrons. The highest BCUT2D eigenvalue weighted by Crippen LogP contribution is 2.36. The number of aromatic nitrogens is 1. The number of carbonyl (C=O) groups excluding carboxylic acids is 1. The van der Waals surface area contributed by atoms with Crippen molar-refractivity contribution in [3.8, 4) is 22.1 Å². The van der Waals surface area contributed by atoms with Crippen LogP contribution in [-0.4, -0.2) is 25.0 Å². The number of Topliss-reactive ketones (excluding diaryl/α,β-unsaturated/α-hetero) is 1. The van der Waals surface area contributed by atoms with Crippen LogP contribution in [0.1, 0.15) is 28.2 Å². The van der Waals surface area contributed by atoms with Crippen LogP contribution in [-0.2, 0) is 6.42 Å². The molecule has 1 aromatic heterocycles. The predicted octanol–water partition coefficient (Wildman–Crippen LogP) is 3.35. The third-order valence-corrected chi connectivity index (χ3v) is 4.59. The second-order valence-corrected chi connectivity index (χ2v) is 5.64. The van der Waals surface area contributed by atoms with Gasteiger partial charge in [0.25, 0.3) is 0 Å². The van der Waals surface area contributed by atoms with Crippen LogP contribution in [0.15, 0.2) is 18.2 Å². The van der Waals surface area contributed by atoms with Crippen LogP contribution >= 0.6 is 11.3 Å². The minimum atomic E-state index is 0.218. The highest BCUT2D eigenvalue weighted by atomic mass is 32.1. The number of ketones is 1. The van der Waals surface area contributed by atoms with Crippen molar-refractivity contribution in [2.45, 2.75) is 19.3 Å². The molecule has 0 spiro atoms. The van der Waals surface area contributed by atoms with Crippen molar-refractivity contribution in [3.05, 3.63) is 28.8 Å². The Balaban J connectivity index is 2.03. The molecule has 0 unspecified atom stereocenters. The number of thiazole rings is 1. The molecule has 2 aromatic rings. The number of methoxy groups -OCH3 is 2. The summed E-state index contributed by atoms with van der Waals surface area (Å²) in [5.41, 5.74) is 1.89. The van der Waals surface area contributed by atoms with Crippen molar-refractivity contribution in [2.24, 2.45) is 0 Å². The highest BCUT2D eigenvalue weighted by Gasteiger charge is 2.22. The average Bonchev–Trinajstić information content (AvgIpc) is 2.92. The van der Waals surface area contributed by atoms with E-state index < -0.39 is 0 Å². The number of benzene rings is 1. The molecular weight excluding hydrogens is 274 g/mol. The third-order valence-electron chi connectivity index (χ3n) is 3.40. The molecule has 0 atom stereocenters. The molecule has 20 heavy (non-hydrogen) atoms. The Hall–Kier alpha value is -1.88. The number of ether oxygens (including phenoxy) is 2. The maximum absolute atomic E-state index is 11.9. The number of hydrogen-bond acceptors (Lipinski definition) is 5. The number of fused-ring (bicyclic) bond motifs is 1. The molecule has 0 aliphatic heterocycles. The zero-order chi connectivity index (χ0) is 14.1. The van der Waals surface area contributed by atoms with E-state index in [0.717, 1.165) is 34.0 Å². The minimum absolute atomic E-state index is 0.218. The molecule has 0 bridgehead atoms. The van der Waals surface area contributed by atoms with Crippen molar-refractivity contribution < 1.29 is 14.3 Å². The first kappa shape index (κ1) is 13.1. The fraction of sp³-hybridized carbons (Fsp3) is 0.333. The van der Waals surface area contributed by atoms with Crippen LogP contribution in [0.25, 0.3) is 10.6 Å². The third kappa shape index (κ3) is 2.18. The van der Waals surface area contributed by atoms with Gasteiger partial charge < -0.3 is 9.47 Å². The van der Waals surface area contributed by atoms with Crippen molar-refractivity contribution in [1.82, 2.24) is 4.98 Å². The standard InChI is InChI=1S/C15H15NO3S/c1-18-12-7-6-9(8-13(12)19-2)15-16-10-4-3-5-11(17)14(10)20-15/h6-8H,3-5H2,1-2H3. The van der Waals surface area contributed by atoms with Crippen LogP contribution in [0.4, 0.5) is 0 Å². The zero-order valence-corrected chi connectivity index (χ0v) is 12.3. The van der Waals surface area contributed by atoms with Crippen molar-refractivity contribution in [1.29, 1.82) is 0 Å². The van der Waals surface area contributed by atoms with Gasteiger partial charge in [-0.05, 0) is 31.0 Å². The first-order valence-corrected chi connectivity index (χ1v) is 7.30. The van der Waals surface area contributed by atoms with E-state index in [0.29, 0.717) is 17.9 Å². The molecule has 1 aliphatic carbocycles. The summed E-state index contributed by atoms with van der Waals surface area (Å²) in [5.74, 6) is 1.58. The Morgan fingerprint density at radius 2 is 1.95 bits per heavy atom. The lowest BCUT2D eigenvalue weighted by molar-refractivity contribution is 0.0976. The van der Waals surface area contributed by atoms with Gasteiger partial charge in [0.05, 0.1) is 24.8 Å². The molecule has 0 fully saturated rings. The van der Waals surface area contributed by atoms with E-state index in [1.165, 1.54) is 11.3 Å². The van der Waals surface area contributed by atoms with Crippen molar-refractivity contribution in [3.63, 3.8) is 0 Å². The van der Waals surface area contributed by atoms with Gasteiger partial charge in [0.2, 0.25) is 0 Å². The van der Waals surface area contributed by atoms with E-state index in [1.807, 2.05) is 18.2 Å². The lowest BCUT2D eigenvalue weighted by atomic mass is 10.0. The maximum Gasteiger partial charge on any atom is 0.174 e. The SMILES string of the molecule is COc1ccc(-c2nc3c(s2)C(=O)CCC3)cc1OC. The zero-order valence-electron chi connectivity index (χ0n) is 11.4. The summed E-state index contributed by atoms with van der Waals surface area (Å²) < 4.78 is 10.5. The second-order valence-electron chi connectivity index (χ2n) is 4.64. The van der Waals surface area contributed by atoms with E-state index in [-0.39, 0.29) is 5.78 Å². The normalized spacial score (nSPS) is 14.0. The van der Waals surface area contributed by atoms with Gasteiger partial charge in [-0.1, -0.05) is 0 Å². The molecule has 3 rings (SSSR count). The molecule has 1 aromatic carbocycles. The van der Waals surface area contributed by atoms with Crippen LogP contribution in [0.3, 0.4) is 0 Å². The summed E-state index contributed by atoms with van der Waals surface area (Å²) in [6.45, 7) is 0. The lowest BCUT2D eigenvalue weighted by Crippen LogP contribution is -2.07. The largest absolute Gasteiger partial charge is 0.493 e. The summed E-state index contributed by atoms with van der Waals surface area (Å²) in [7, 11) is 3.22. The van der Waals surface area contributed by atoms with Crippen LogP contribution < -0.4 is 9.47 Å². The fourth-order valence-electron chi connectivity index (χ4n) is 2.36. The number of carbonyl (C=O) groups is 1. The molecule has 104 valence electrons. The molecule has 5 heteroatoms. The average molecular weight is 289 g/mol. The number of hydrogen-bond donors (Lipinski definition) is 0. The smallest absolute Gasteiger partial charge is 0.174 e. The first-order valence-electron chi connectivity index (χ1n) is 6.48. The Labute approximate surface area is 121 Å². The van der Waals surface area contributed by atoms with Gasteiger partial charge in [0.15, 0.2) is 17.3 Å². The van der Waals surface area contributed by atoms with E-state index in [2.05, 4.69) is 4.98 Å².